The van der Waals surface area contributed by atoms with Crippen molar-refractivity contribution < 1.29 is 19.4 Å². The van der Waals surface area contributed by atoms with Gasteiger partial charge in [0.1, 0.15) is 5.82 Å². The molecule has 2 aromatic rings. The van der Waals surface area contributed by atoms with Crippen LogP contribution >= 0.6 is 0 Å². The maximum atomic E-state index is 13.8. The van der Waals surface area contributed by atoms with Crippen molar-refractivity contribution in [3.8, 4) is 0 Å². The predicted octanol–water partition coefficient (Wildman–Crippen LogP) is 3.43. The number of halogens is 3. The molecule has 138 valence electrons. The number of anilines is 1. The molecule has 0 atom stereocenters. The average molecular weight is 356 g/mol. The summed E-state index contributed by atoms with van der Waals surface area (Å²) in [5.74, 6) is -2.99. The van der Waals surface area contributed by atoms with Crippen LogP contribution in [0.3, 0.4) is 0 Å². The van der Waals surface area contributed by atoms with Crippen molar-refractivity contribution in [2.45, 2.75) is 39.2 Å². The first-order chi connectivity index (χ1) is 11.9. The van der Waals surface area contributed by atoms with Crippen LogP contribution in [0.5, 0.6) is 0 Å². The summed E-state index contributed by atoms with van der Waals surface area (Å²) in [6, 6.07) is 2.46. The number of carbonyl (C=O) groups excluding carboxylic acids is 1. The first-order valence-electron chi connectivity index (χ1n) is 8.55. The summed E-state index contributed by atoms with van der Waals surface area (Å²) in [4.78, 5) is 18.3. The standard InChI is InChI=1S/C15H15F3N4O.C2H6.H2/c16-9-7-10-12-11(8-9)20-14(22(12)6-3-19-13(10)23)21-4-1-15(17,18)2-5-21;1-2;/h7-8H,1-6H2,(H,19,23);1-2H3;1H. The van der Waals surface area contributed by atoms with Gasteiger partial charge in [0.25, 0.3) is 11.8 Å². The van der Waals surface area contributed by atoms with Crippen LogP contribution in [0.4, 0.5) is 19.1 Å². The molecule has 0 aliphatic carbocycles. The monoisotopic (exact) mass is 356 g/mol. The number of imidazole rings is 1. The first kappa shape index (κ1) is 17.6. The number of piperidine rings is 1. The van der Waals surface area contributed by atoms with E-state index in [1.165, 1.54) is 12.1 Å². The zero-order valence-corrected chi connectivity index (χ0v) is 14.3. The van der Waals surface area contributed by atoms with E-state index in [4.69, 9.17) is 0 Å². The zero-order chi connectivity index (χ0) is 18.2. The second kappa shape index (κ2) is 6.57. The van der Waals surface area contributed by atoms with Gasteiger partial charge in [0.2, 0.25) is 5.95 Å². The van der Waals surface area contributed by atoms with Crippen molar-refractivity contribution in [1.82, 2.24) is 14.9 Å². The highest BCUT2D eigenvalue weighted by Crippen LogP contribution is 2.33. The third-order valence-electron chi connectivity index (χ3n) is 4.43. The number of amides is 1. The fourth-order valence-corrected chi connectivity index (χ4v) is 3.26. The Morgan fingerprint density at radius 2 is 1.88 bits per heavy atom. The number of rotatable bonds is 1. The topological polar surface area (TPSA) is 50.2 Å². The summed E-state index contributed by atoms with van der Waals surface area (Å²) >= 11 is 0. The van der Waals surface area contributed by atoms with Crippen molar-refractivity contribution in [2.24, 2.45) is 0 Å². The molecule has 1 saturated heterocycles. The quantitative estimate of drug-likeness (QED) is 0.852. The molecule has 5 nitrogen and oxygen atoms in total. The lowest BCUT2D eigenvalue weighted by Crippen LogP contribution is -2.40. The maximum Gasteiger partial charge on any atom is 0.253 e. The lowest BCUT2D eigenvalue weighted by molar-refractivity contribution is -0.0223. The van der Waals surface area contributed by atoms with E-state index in [0.29, 0.717) is 30.1 Å². The number of carbonyl (C=O) groups is 1. The van der Waals surface area contributed by atoms with E-state index < -0.39 is 11.7 Å². The molecule has 4 rings (SSSR count). The molecule has 2 aliphatic heterocycles. The number of alkyl halides is 2. The SMILES string of the molecule is CC.O=C1NCCn2c(N3CCC(F)(F)CC3)nc3cc(F)cc1c32.[HH]. The lowest BCUT2D eigenvalue weighted by atomic mass is 10.1. The van der Waals surface area contributed by atoms with Gasteiger partial charge < -0.3 is 14.8 Å². The molecule has 0 radical (unpaired) electrons. The van der Waals surface area contributed by atoms with E-state index in [2.05, 4.69) is 10.3 Å². The first-order valence-corrected chi connectivity index (χ1v) is 8.55. The lowest BCUT2D eigenvalue weighted by Gasteiger charge is -2.32. The van der Waals surface area contributed by atoms with E-state index in [-0.39, 0.29) is 38.8 Å². The Kier molecular flexibility index (Phi) is 4.62. The number of nitrogens with one attached hydrogen (secondary N) is 1. The number of benzene rings is 1. The zero-order valence-electron chi connectivity index (χ0n) is 14.3. The minimum Gasteiger partial charge on any atom is -0.350 e. The Morgan fingerprint density at radius 3 is 2.56 bits per heavy atom. The second-order valence-corrected chi connectivity index (χ2v) is 5.98. The van der Waals surface area contributed by atoms with Crippen LogP contribution < -0.4 is 10.2 Å². The Morgan fingerprint density at radius 1 is 1.20 bits per heavy atom. The van der Waals surface area contributed by atoms with Crippen molar-refractivity contribution in [3.05, 3.63) is 23.5 Å². The molecule has 25 heavy (non-hydrogen) atoms. The average Bonchev–Trinajstić information content (AvgIpc) is 2.85. The normalized spacial score (nSPS) is 19.1. The van der Waals surface area contributed by atoms with Crippen LogP contribution in [0.1, 0.15) is 38.5 Å². The molecular formula is C17H23F3N4O. The molecule has 3 heterocycles. The van der Waals surface area contributed by atoms with Gasteiger partial charge in [0.05, 0.1) is 16.6 Å². The van der Waals surface area contributed by atoms with Gasteiger partial charge in [-0.25, -0.2) is 18.2 Å². The Balaban J connectivity index is 0.000000784. The maximum absolute atomic E-state index is 13.8. The molecule has 1 N–H and O–H groups in total. The predicted molar refractivity (Wildman–Crippen MR) is 91.9 cm³/mol. The third kappa shape index (κ3) is 3.17. The van der Waals surface area contributed by atoms with Crippen molar-refractivity contribution in [3.63, 3.8) is 0 Å². The van der Waals surface area contributed by atoms with Crippen molar-refractivity contribution in [2.75, 3.05) is 24.5 Å². The summed E-state index contributed by atoms with van der Waals surface area (Å²) in [5, 5.41) is 2.72. The van der Waals surface area contributed by atoms with Crippen LogP contribution in [0, 0.1) is 5.82 Å². The highest BCUT2D eigenvalue weighted by Gasteiger charge is 2.36. The summed E-state index contributed by atoms with van der Waals surface area (Å²) in [5.41, 5.74) is 1.18. The van der Waals surface area contributed by atoms with Crippen LogP contribution in [0.2, 0.25) is 0 Å². The summed E-state index contributed by atoms with van der Waals surface area (Å²) in [6.07, 6.45) is -0.455. The van der Waals surface area contributed by atoms with Gasteiger partial charge in [0.15, 0.2) is 0 Å². The molecule has 0 bridgehead atoms. The van der Waals surface area contributed by atoms with E-state index in [9.17, 15) is 18.0 Å². The van der Waals surface area contributed by atoms with E-state index in [1.807, 2.05) is 18.4 Å². The molecule has 1 amide bonds. The van der Waals surface area contributed by atoms with E-state index >= 15 is 0 Å². The highest BCUT2D eigenvalue weighted by atomic mass is 19.3. The number of aromatic nitrogens is 2. The molecule has 8 heteroatoms. The minimum atomic E-state index is -2.64. The summed E-state index contributed by atoms with van der Waals surface area (Å²) < 4.78 is 42.3. The fraction of sp³-hybridized carbons (Fsp3) is 0.529. The number of nitrogens with zero attached hydrogens (tertiary/aromatic N) is 3. The van der Waals surface area contributed by atoms with Crippen LogP contribution in [-0.4, -0.2) is 41.0 Å². The highest BCUT2D eigenvalue weighted by molar-refractivity contribution is 6.06. The Hall–Kier alpha value is -2.25. The Bertz CT molecular complexity index is 799. The largest absolute Gasteiger partial charge is 0.350 e. The molecule has 1 aromatic carbocycles. The van der Waals surface area contributed by atoms with E-state index in [0.717, 1.165) is 0 Å². The van der Waals surface area contributed by atoms with Crippen LogP contribution in [0.15, 0.2) is 12.1 Å². The minimum absolute atomic E-state index is 0. The van der Waals surface area contributed by atoms with Crippen LogP contribution in [-0.2, 0) is 6.54 Å². The molecule has 1 aromatic heterocycles. The molecule has 1 fully saturated rings. The molecule has 0 spiro atoms. The smallest absolute Gasteiger partial charge is 0.253 e. The van der Waals surface area contributed by atoms with Gasteiger partial charge in [0, 0.05) is 46.5 Å². The molecule has 0 saturated carbocycles. The fourth-order valence-electron chi connectivity index (χ4n) is 3.26. The Labute approximate surface area is 145 Å². The van der Waals surface area contributed by atoms with Crippen molar-refractivity contribution in [1.29, 1.82) is 0 Å². The second-order valence-electron chi connectivity index (χ2n) is 5.98. The van der Waals surface area contributed by atoms with E-state index in [1.54, 1.807) is 4.90 Å². The van der Waals surface area contributed by atoms with Gasteiger partial charge in [-0.2, -0.15) is 0 Å². The van der Waals surface area contributed by atoms with Gasteiger partial charge in [-0.1, -0.05) is 13.8 Å². The van der Waals surface area contributed by atoms with Crippen LogP contribution in [0.25, 0.3) is 11.0 Å². The van der Waals surface area contributed by atoms with Gasteiger partial charge in [-0.15, -0.1) is 0 Å². The van der Waals surface area contributed by atoms with Gasteiger partial charge >= 0.3 is 0 Å². The molecule has 2 aliphatic rings. The summed E-state index contributed by atoms with van der Waals surface area (Å²) in [6.45, 7) is 5.24. The molecule has 0 unspecified atom stereocenters. The van der Waals surface area contributed by atoms with Crippen molar-refractivity contribution >= 4 is 22.9 Å². The summed E-state index contributed by atoms with van der Waals surface area (Å²) in [7, 11) is 0. The molecular weight excluding hydrogens is 333 g/mol. The number of hydrogen-bond acceptors (Lipinski definition) is 3. The van der Waals surface area contributed by atoms with Gasteiger partial charge in [-0.3, -0.25) is 4.79 Å². The number of hydrogen-bond donors (Lipinski definition) is 1. The third-order valence-corrected chi connectivity index (χ3v) is 4.43. The van der Waals surface area contributed by atoms with Gasteiger partial charge in [-0.05, 0) is 6.07 Å².